The molecule has 6 heteroatoms. The fourth-order valence-corrected chi connectivity index (χ4v) is 6.51. The van der Waals surface area contributed by atoms with Crippen LogP contribution >= 0.6 is 0 Å². The van der Waals surface area contributed by atoms with Gasteiger partial charge in [0.15, 0.2) is 0 Å². The maximum Gasteiger partial charge on any atom is 0.290 e. The van der Waals surface area contributed by atoms with Crippen LogP contribution in [-0.2, 0) is 23.1 Å². The Kier molecular flexibility index (Phi) is 5.74. The van der Waals surface area contributed by atoms with Crippen molar-refractivity contribution >= 4 is 12.4 Å². The van der Waals surface area contributed by atoms with Crippen LogP contribution in [0.4, 0.5) is 0 Å². The second kappa shape index (κ2) is 8.68. The van der Waals surface area contributed by atoms with E-state index >= 15 is 0 Å². The van der Waals surface area contributed by atoms with Crippen LogP contribution in [0.2, 0.25) is 0 Å². The maximum absolute atomic E-state index is 13.4. The van der Waals surface area contributed by atoms with Gasteiger partial charge < -0.3 is 20.2 Å². The Morgan fingerprint density at radius 2 is 1.66 bits per heavy atom. The van der Waals surface area contributed by atoms with Crippen molar-refractivity contribution in [1.29, 1.82) is 0 Å². The molecule has 1 amide bonds. The quantitative estimate of drug-likeness (QED) is 0.726. The number of carbonyl (C=O) groups excluding carboxylic acids is 1. The van der Waals surface area contributed by atoms with Gasteiger partial charge in [-0.15, -0.1) is 0 Å². The molecule has 0 radical (unpaired) electrons. The molecule has 0 saturated carbocycles. The van der Waals surface area contributed by atoms with Crippen LogP contribution in [0, 0.1) is 5.92 Å². The lowest BCUT2D eigenvalue weighted by Gasteiger charge is -2.55. The van der Waals surface area contributed by atoms with Gasteiger partial charge in [0.25, 0.3) is 12.4 Å². The number of carbonyl (C=O) groups is 2. The highest BCUT2D eigenvalue weighted by molar-refractivity contribution is 5.95. The van der Waals surface area contributed by atoms with Crippen LogP contribution in [0.25, 0.3) is 0 Å². The monoisotopic (exact) mass is 433 g/mol. The number of rotatable bonds is 3. The Labute approximate surface area is 189 Å². The van der Waals surface area contributed by atoms with Crippen molar-refractivity contribution in [2.45, 2.75) is 30.7 Å². The average Bonchev–Trinajstić information content (AvgIpc) is 3.14. The molecule has 1 aliphatic carbocycles. The van der Waals surface area contributed by atoms with Crippen molar-refractivity contribution < 1.29 is 14.7 Å². The molecule has 0 aromatic heterocycles. The van der Waals surface area contributed by atoms with Gasteiger partial charge in [-0.25, -0.2) is 0 Å². The molecule has 4 heterocycles. The lowest BCUT2D eigenvalue weighted by atomic mass is 9.64. The van der Waals surface area contributed by atoms with E-state index in [2.05, 4.69) is 57.6 Å². The Morgan fingerprint density at radius 3 is 2.34 bits per heavy atom. The van der Waals surface area contributed by atoms with E-state index in [1.54, 1.807) is 0 Å². The van der Waals surface area contributed by atoms with Crippen molar-refractivity contribution in [2.24, 2.45) is 5.92 Å². The molecule has 4 bridgehead atoms. The molecule has 6 nitrogen and oxygen atoms in total. The summed E-state index contributed by atoms with van der Waals surface area (Å²) in [7, 11) is 0. The molecular formula is C26H31N3O3. The number of aryl methyl sites for hydroxylation is 2. The topological polar surface area (TPSA) is 72.9 Å². The van der Waals surface area contributed by atoms with Gasteiger partial charge in [-0.2, -0.15) is 0 Å². The SMILES string of the molecule is O=C(NC1C2CN3CCN(C2)CC1(c1ccccc1)C3)c1ccc2c(c1)CCC2.O=CO. The second-order valence-corrected chi connectivity index (χ2v) is 9.65. The second-order valence-electron chi connectivity index (χ2n) is 9.65. The number of hydrogen-bond acceptors (Lipinski definition) is 4. The van der Waals surface area contributed by atoms with Gasteiger partial charge in [0.05, 0.1) is 0 Å². The molecule has 168 valence electrons. The van der Waals surface area contributed by atoms with E-state index in [0.717, 1.165) is 57.7 Å². The smallest absolute Gasteiger partial charge is 0.290 e. The summed E-state index contributed by atoms with van der Waals surface area (Å²) in [6.45, 7) is 6.33. The summed E-state index contributed by atoms with van der Waals surface area (Å²) in [6.07, 6.45) is 3.49. The fourth-order valence-electron chi connectivity index (χ4n) is 6.51. The van der Waals surface area contributed by atoms with E-state index in [9.17, 15) is 4.79 Å². The average molecular weight is 434 g/mol. The van der Waals surface area contributed by atoms with Gasteiger partial charge in [0.2, 0.25) is 0 Å². The molecule has 32 heavy (non-hydrogen) atoms. The highest BCUT2D eigenvalue weighted by Crippen LogP contribution is 2.43. The van der Waals surface area contributed by atoms with Gasteiger partial charge in [0.1, 0.15) is 0 Å². The van der Waals surface area contributed by atoms with Crippen LogP contribution in [0.1, 0.15) is 33.5 Å². The first kappa shape index (κ1) is 21.2. The zero-order valence-corrected chi connectivity index (χ0v) is 18.4. The standard InChI is InChI=1S/C25H29N3O.CH2O2/c29-24(20-10-9-18-5-4-6-19(18)13-20)26-23-21-14-27-11-12-28(15-21)17-25(23,16-27)22-7-2-1-3-8-22;2-1-3/h1-3,7-10,13,21,23H,4-6,11-12,14-17H2,(H,26,29);1H,(H,2,3). The minimum Gasteiger partial charge on any atom is -0.483 e. The lowest BCUT2D eigenvalue weighted by Crippen LogP contribution is -2.70. The number of benzene rings is 2. The molecule has 4 saturated heterocycles. The Bertz CT molecular complexity index is 977. The summed E-state index contributed by atoms with van der Waals surface area (Å²) >= 11 is 0. The Balaban J connectivity index is 0.000000684. The highest BCUT2D eigenvalue weighted by atomic mass is 16.3. The molecule has 3 atom stereocenters. The molecule has 0 spiro atoms. The first-order chi connectivity index (χ1) is 15.6. The molecule has 2 N–H and O–H groups in total. The van der Waals surface area contributed by atoms with Crippen LogP contribution in [0.15, 0.2) is 48.5 Å². The molecule has 2 aromatic rings. The normalized spacial score (nSPS) is 31.8. The number of piperidine rings is 2. The van der Waals surface area contributed by atoms with Crippen LogP contribution < -0.4 is 5.32 Å². The van der Waals surface area contributed by atoms with Gasteiger partial charge in [-0.1, -0.05) is 36.4 Å². The number of hydrogen-bond donors (Lipinski definition) is 2. The third kappa shape index (κ3) is 3.71. The van der Waals surface area contributed by atoms with E-state index in [1.807, 2.05) is 6.07 Å². The Hall–Kier alpha value is -2.70. The minimum atomic E-state index is -0.250. The summed E-state index contributed by atoms with van der Waals surface area (Å²) in [4.78, 5) is 27.0. The number of carboxylic acid groups (broad SMARTS) is 1. The molecule has 2 aromatic carbocycles. The third-order valence-electron chi connectivity index (χ3n) is 7.79. The van der Waals surface area contributed by atoms with E-state index in [0.29, 0.717) is 5.92 Å². The fraction of sp³-hybridized carbons (Fsp3) is 0.462. The third-order valence-corrected chi connectivity index (χ3v) is 7.79. The molecule has 5 aliphatic rings. The zero-order chi connectivity index (χ0) is 22.1. The van der Waals surface area contributed by atoms with Crippen molar-refractivity contribution in [2.75, 3.05) is 39.3 Å². The van der Waals surface area contributed by atoms with Crippen molar-refractivity contribution in [1.82, 2.24) is 15.1 Å². The largest absolute Gasteiger partial charge is 0.483 e. The predicted molar refractivity (Wildman–Crippen MR) is 123 cm³/mol. The maximum atomic E-state index is 13.4. The summed E-state index contributed by atoms with van der Waals surface area (Å²) in [6, 6.07) is 17.5. The van der Waals surface area contributed by atoms with E-state index < -0.39 is 0 Å². The van der Waals surface area contributed by atoms with E-state index in [-0.39, 0.29) is 23.8 Å². The zero-order valence-electron chi connectivity index (χ0n) is 18.4. The van der Waals surface area contributed by atoms with Gasteiger partial charge in [-0.05, 0) is 48.1 Å². The molecule has 4 aliphatic heterocycles. The predicted octanol–water partition coefficient (Wildman–Crippen LogP) is 2.17. The molecule has 4 fully saturated rings. The molecular weight excluding hydrogens is 402 g/mol. The van der Waals surface area contributed by atoms with Crippen molar-refractivity contribution in [3.8, 4) is 0 Å². The first-order valence-corrected chi connectivity index (χ1v) is 11.6. The minimum absolute atomic E-state index is 0.0225. The molecule has 3 unspecified atom stereocenters. The van der Waals surface area contributed by atoms with Crippen molar-refractivity contribution in [3.05, 3.63) is 70.8 Å². The van der Waals surface area contributed by atoms with Crippen molar-refractivity contribution in [3.63, 3.8) is 0 Å². The lowest BCUT2D eigenvalue weighted by molar-refractivity contribution is -0.122. The Morgan fingerprint density at radius 1 is 1.00 bits per heavy atom. The summed E-state index contributed by atoms with van der Waals surface area (Å²) < 4.78 is 0. The number of amides is 1. The first-order valence-electron chi connectivity index (χ1n) is 11.6. The molecule has 7 rings (SSSR count). The number of fused-ring (bicyclic) bond motifs is 2. The summed E-state index contributed by atoms with van der Waals surface area (Å²) in [5, 5.41) is 10.4. The van der Waals surface area contributed by atoms with E-state index in [4.69, 9.17) is 9.90 Å². The number of nitrogens with zero attached hydrogens (tertiary/aromatic N) is 2. The number of nitrogens with one attached hydrogen (secondary N) is 1. The van der Waals surface area contributed by atoms with Crippen LogP contribution in [-0.4, -0.2) is 72.6 Å². The highest BCUT2D eigenvalue weighted by Gasteiger charge is 2.55. The van der Waals surface area contributed by atoms with Gasteiger partial charge in [0, 0.05) is 62.2 Å². The van der Waals surface area contributed by atoms with Gasteiger partial charge in [-0.3, -0.25) is 9.59 Å². The summed E-state index contributed by atoms with van der Waals surface area (Å²) in [5.41, 5.74) is 4.98. The summed E-state index contributed by atoms with van der Waals surface area (Å²) in [5.74, 6) is 0.592. The van der Waals surface area contributed by atoms with Crippen LogP contribution in [0.5, 0.6) is 0 Å². The van der Waals surface area contributed by atoms with Crippen LogP contribution in [0.3, 0.4) is 0 Å². The van der Waals surface area contributed by atoms with E-state index in [1.165, 1.54) is 23.1 Å². The van der Waals surface area contributed by atoms with Gasteiger partial charge >= 0.3 is 0 Å².